The van der Waals surface area contributed by atoms with Crippen molar-refractivity contribution in [3.05, 3.63) is 57.3 Å². The maximum atomic E-state index is 13.2. The fourth-order valence-electron chi connectivity index (χ4n) is 2.33. The quantitative estimate of drug-likeness (QED) is 0.832. The minimum atomic E-state index is -0.462. The van der Waals surface area contributed by atoms with Crippen molar-refractivity contribution in [3.63, 3.8) is 0 Å². The molecule has 108 valence electrons. The maximum Gasteiger partial charge on any atom is 0.247 e. The van der Waals surface area contributed by atoms with Gasteiger partial charge in [-0.2, -0.15) is 0 Å². The lowest BCUT2D eigenvalue weighted by Crippen LogP contribution is -2.33. The molecule has 1 heterocycles. The lowest BCUT2D eigenvalue weighted by atomic mass is 10.1. The molecule has 2 aromatic rings. The van der Waals surface area contributed by atoms with Crippen LogP contribution in [-0.4, -0.2) is 11.9 Å². The van der Waals surface area contributed by atoms with Crippen molar-refractivity contribution in [1.82, 2.24) is 0 Å². The molecule has 1 atom stereocenters. The molecule has 3 rings (SSSR count). The summed E-state index contributed by atoms with van der Waals surface area (Å²) in [7, 11) is 0. The molecule has 0 radical (unpaired) electrons. The smallest absolute Gasteiger partial charge is 0.247 e. The van der Waals surface area contributed by atoms with Crippen LogP contribution in [0.2, 0.25) is 5.02 Å². The topological polar surface area (TPSA) is 41.1 Å². The minimum Gasteiger partial charge on any atom is -0.373 e. The number of nitrogens with one attached hydrogen (secondary N) is 2. The summed E-state index contributed by atoms with van der Waals surface area (Å²) in [6, 6.07) is 9.83. The molecule has 0 aliphatic carbocycles. The zero-order valence-electron chi connectivity index (χ0n) is 10.8. The third kappa shape index (κ3) is 2.89. The molecule has 0 saturated heterocycles. The predicted octanol–water partition coefficient (Wildman–Crippen LogP) is 4.22. The number of halogens is 3. The predicted molar refractivity (Wildman–Crippen MR) is 85.3 cm³/mol. The molecule has 0 fully saturated rings. The first kappa shape index (κ1) is 14.4. The Bertz CT molecular complexity index is 675. The van der Waals surface area contributed by atoms with Crippen molar-refractivity contribution in [2.45, 2.75) is 12.5 Å². The van der Waals surface area contributed by atoms with Crippen molar-refractivity contribution in [3.8, 4) is 0 Å². The van der Waals surface area contributed by atoms with Gasteiger partial charge in [-0.1, -0.05) is 29.8 Å². The monoisotopic (exact) mass is 368 g/mol. The number of hydrogen-bond acceptors (Lipinski definition) is 2. The van der Waals surface area contributed by atoms with Crippen LogP contribution < -0.4 is 10.6 Å². The van der Waals surface area contributed by atoms with E-state index in [1.807, 2.05) is 24.3 Å². The summed E-state index contributed by atoms with van der Waals surface area (Å²) in [5, 5.41) is 6.05. The van der Waals surface area contributed by atoms with Crippen molar-refractivity contribution in [1.29, 1.82) is 0 Å². The molecule has 0 saturated carbocycles. The highest BCUT2D eigenvalue weighted by Gasteiger charge is 2.27. The first-order valence-electron chi connectivity index (χ1n) is 6.34. The lowest BCUT2D eigenvalue weighted by Gasteiger charge is -2.14. The zero-order chi connectivity index (χ0) is 15.0. The lowest BCUT2D eigenvalue weighted by molar-refractivity contribution is -0.116. The number of fused-ring (bicyclic) bond motifs is 1. The first-order valence-corrected chi connectivity index (χ1v) is 7.51. The molecule has 21 heavy (non-hydrogen) atoms. The average Bonchev–Trinajstić information content (AvgIpc) is 2.86. The standard InChI is InChI=1S/C15H11BrClFN2O/c16-10-6-9(18)7-11(17)14(10)20-15(21)13-5-8-3-1-2-4-12(8)19-13/h1-4,6-7,13,19H,5H2,(H,20,21). The molecule has 1 amide bonds. The van der Waals surface area contributed by atoms with E-state index < -0.39 is 5.82 Å². The van der Waals surface area contributed by atoms with Crippen LogP contribution in [0.1, 0.15) is 5.56 Å². The van der Waals surface area contributed by atoms with E-state index in [4.69, 9.17) is 11.6 Å². The second-order valence-corrected chi connectivity index (χ2v) is 6.05. The summed E-state index contributed by atoms with van der Waals surface area (Å²) in [4.78, 5) is 12.3. The van der Waals surface area contributed by atoms with Crippen LogP contribution in [0.15, 0.2) is 40.9 Å². The Morgan fingerprint density at radius 1 is 1.38 bits per heavy atom. The molecule has 0 spiro atoms. The number of hydrogen-bond donors (Lipinski definition) is 2. The van der Waals surface area contributed by atoms with Crippen LogP contribution in [0.4, 0.5) is 15.8 Å². The third-order valence-electron chi connectivity index (χ3n) is 3.34. The van der Waals surface area contributed by atoms with Crippen molar-refractivity contribution in [2.24, 2.45) is 0 Å². The Balaban J connectivity index is 1.77. The van der Waals surface area contributed by atoms with Gasteiger partial charge in [0.1, 0.15) is 11.9 Å². The van der Waals surface area contributed by atoms with Crippen LogP contribution in [-0.2, 0) is 11.2 Å². The van der Waals surface area contributed by atoms with Crippen LogP contribution in [0.5, 0.6) is 0 Å². The number of amides is 1. The fourth-order valence-corrected chi connectivity index (χ4v) is 3.23. The van der Waals surface area contributed by atoms with E-state index >= 15 is 0 Å². The number of carbonyl (C=O) groups excluding carboxylic acids is 1. The summed E-state index contributed by atoms with van der Waals surface area (Å²) in [5.74, 6) is -0.670. The van der Waals surface area contributed by atoms with E-state index in [0.717, 1.165) is 11.3 Å². The summed E-state index contributed by atoms with van der Waals surface area (Å²) in [6.07, 6.45) is 0.610. The van der Waals surface area contributed by atoms with Gasteiger partial charge < -0.3 is 10.6 Å². The maximum absolute atomic E-state index is 13.2. The second kappa shape index (κ2) is 5.66. The van der Waals surface area contributed by atoms with Crippen LogP contribution in [0.25, 0.3) is 0 Å². The Labute approximate surface area is 134 Å². The van der Waals surface area contributed by atoms with E-state index in [2.05, 4.69) is 26.6 Å². The van der Waals surface area contributed by atoms with Crippen LogP contribution >= 0.6 is 27.5 Å². The third-order valence-corrected chi connectivity index (χ3v) is 4.27. The molecule has 1 aliphatic rings. The summed E-state index contributed by atoms with van der Waals surface area (Å²) >= 11 is 9.17. The molecule has 0 aromatic heterocycles. The van der Waals surface area contributed by atoms with Gasteiger partial charge in [0.25, 0.3) is 0 Å². The van der Waals surface area contributed by atoms with Crippen molar-refractivity contribution >= 4 is 44.8 Å². The molecular formula is C15H11BrClFN2O. The zero-order valence-corrected chi connectivity index (χ0v) is 13.1. The van der Waals surface area contributed by atoms with Gasteiger partial charge >= 0.3 is 0 Å². The second-order valence-electron chi connectivity index (χ2n) is 4.79. The van der Waals surface area contributed by atoms with Crippen molar-refractivity contribution in [2.75, 3.05) is 10.6 Å². The number of benzene rings is 2. The van der Waals surface area contributed by atoms with Gasteiger partial charge in [0, 0.05) is 16.6 Å². The van der Waals surface area contributed by atoms with E-state index in [1.165, 1.54) is 12.1 Å². The van der Waals surface area contributed by atoms with E-state index in [0.29, 0.717) is 16.6 Å². The van der Waals surface area contributed by atoms with Gasteiger partial charge in [0.05, 0.1) is 10.7 Å². The van der Waals surface area contributed by atoms with Crippen LogP contribution in [0, 0.1) is 5.82 Å². The Morgan fingerprint density at radius 3 is 2.86 bits per heavy atom. The van der Waals surface area contributed by atoms with E-state index in [1.54, 1.807) is 0 Å². The Kier molecular flexibility index (Phi) is 3.87. The SMILES string of the molecule is O=C(Nc1c(Cl)cc(F)cc1Br)C1Cc2ccccc2N1. The van der Waals surface area contributed by atoms with Gasteiger partial charge in [0.15, 0.2) is 0 Å². The molecule has 0 bridgehead atoms. The van der Waals surface area contributed by atoms with Gasteiger partial charge in [-0.3, -0.25) is 4.79 Å². The van der Waals surface area contributed by atoms with Crippen molar-refractivity contribution < 1.29 is 9.18 Å². The largest absolute Gasteiger partial charge is 0.373 e. The van der Waals surface area contributed by atoms with E-state index in [-0.39, 0.29) is 17.0 Å². The summed E-state index contributed by atoms with van der Waals surface area (Å²) < 4.78 is 13.6. The number of carbonyl (C=O) groups is 1. The van der Waals surface area contributed by atoms with Gasteiger partial charge in [-0.25, -0.2) is 4.39 Å². The highest BCUT2D eigenvalue weighted by Crippen LogP contribution is 2.33. The Morgan fingerprint density at radius 2 is 2.14 bits per heavy atom. The average molecular weight is 370 g/mol. The molecule has 2 N–H and O–H groups in total. The molecular weight excluding hydrogens is 359 g/mol. The summed E-state index contributed by atoms with van der Waals surface area (Å²) in [5.41, 5.74) is 2.43. The number of rotatable bonds is 2. The fraction of sp³-hybridized carbons (Fsp3) is 0.133. The summed E-state index contributed by atoms with van der Waals surface area (Å²) in [6.45, 7) is 0. The van der Waals surface area contributed by atoms with Gasteiger partial charge in [-0.05, 0) is 39.7 Å². The highest BCUT2D eigenvalue weighted by atomic mass is 79.9. The number of para-hydroxylation sites is 1. The molecule has 1 unspecified atom stereocenters. The first-order chi connectivity index (χ1) is 10.0. The van der Waals surface area contributed by atoms with E-state index in [9.17, 15) is 9.18 Å². The number of anilines is 2. The minimum absolute atomic E-state index is 0.158. The van der Waals surface area contributed by atoms with Gasteiger partial charge in [-0.15, -0.1) is 0 Å². The molecule has 1 aliphatic heterocycles. The van der Waals surface area contributed by atoms with Crippen LogP contribution in [0.3, 0.4) is 0 Å². The normalized spacial score (nSPS) is 16.2. The van der Waals surface area contributed by atoms with Gasteiger partial charge in [0.2, 0.25) is 5.91 Å². The molecule has 2 aromatic carbocycles. The molecule has 3 nitrogen and oxygen atoms in total. The molecule has 6 heteroatoms. The highest BCUT2D eigenvalue weighted by molar-refractivity contribution is 9.10. The Hall–Kier alpha value is -1.59.